The van der Waals surface area contributed by atoms with E-state index in [9.17, 15) is 29.0 Å². The zero-order valence-electron chi connectivity index (χ0n) is 22.7. The molecule has 0 aliphatic heterocycles. The molecule has 0 amide bonds. The SMILES string of the molecule is Cc1c(C#N)c(NCCOI)nc(NCCO)c1N=Nc1ccc(S(=O)(=O)CCN(CC(C)O)CC(C)O)cc1. The van der Waals surface area contributed by atoms with Crippen molar-refractivity contribution >= 4 is 55.9 Å². The molecule has 0 saturated carbocycles. The van der Waals surface area contributed by atoms with Crippen LogP contribution in [-0.2, 0) is 12.9 Å². The molecule has 0 aliphatic carbocycles. The first-order valence-corrected chi connectivity index (χ1v) is 15.2. The Bertz CT molecular complexity index is 1260. The zero-order valence-corrected chi connectivity index (χ0v) is 25.7. The summed E-state index contributed by atoms with van der Waals surface area (Å²) in [5, 5.41) is 52.9. The van der Waals surface area contributed by atoms with Crippen molar-refractivity contribution in [3.63, 3.8) is 0 Å². The molecule has 2 aromatic rings. The lowest BCUT2D eigenvalue weighted by atomic mass is 10.1. The first kappa shape index (κ1) is 33.7. The van der Waals surface area contributed by atoms with E-state index >= 15 is 0 Å². The molecule has 220 valence electrons. The predicted octanol–water partition coefficient (Wildman–Crippen LogP) is 2.70. The molecule has 0 radical (unpaired) electrons. The summed E-state index contributed by atoms with van der Waals surface area (Å²) in [6.45, 7) is 6.48. The Morgan fingerprint density at radius 2 is 1.73 bits per heavy atom. The number of anilines is 2. The van der Waals surface area contributed by atoms with Gasteiger partial charge in [-0.15, -0.1) is 5.11 Å². The number of aliphatic hydroxyl groups excluding tert-OH is 3. The predicted molar refractivity (Wildman–Crippen MR) is 160 cm³/mol. The van der Waals surface area contributed by atoms with Gasteiger partial charge in [0.05, 0.1) is 47.3 Å². The Morgan fingerprint density at radius 3 is 2.27 bits per heavy atom. The molecular weight excluding hydrogens is 653 g/mol. The Morgan fingerprint density at radius 1 is 1.10 bits per heavy atom. The number of hydrogen-bond acceptors (Lipinski definition) is 13. The maximum atomic E-state index is 12.9. The molecule has 1 heterocycles. The summed E-state index contributed by atoms with van der Waals surface area (Å²) in [6, 6.07) is 8.06. The second kappa shape index (κ2) is 16.7. The maximum Gasteiger partial charge on any atom is 0.179 e. The Kier molecular flexibility index (Phi) is 14.1. The summed E-state index contributed by atoms with van der Waals surface area (Å²) in [5.74, 6) is 0.493. The number of nitrogens with zero attached hydrogens (tertiary/aromatic N) is 5. The minimum absolute atomic E-state index is 0.112. The van der Waals surface area contributed by atoms with Gasteiger partial charge in [0, 0.05) is 38.3 Å². The fourth-order valence-electron chi connectivity index (χ4n) is 3.79. The van der Waals surface area contributed by atoms with Gasteiger partial charge in [-0.3, -0.25) is 4.90 Å². The topological polar surface area (TPSA) is 193 Å². The van der Waals surface area contributed by atoms with Crippen LogP contribution < -0.4 is 10.6 Å². The van der Waals surface area contributed by atoms with Crippen molar-refractivity contribution in [2.75, 3.05) is 62.3 Å². The van der Waals surface area contributed by atoms with Crippen LogP contribution >= 0.6 is 23.0 Å². The summed E-state index contributed by atoms with van der Waals surface area (Å²) in [7, 11) is -3.63. The first-order valence-electron chi connectivity index (χ1n) is 12.6. The van der Waals surface area contributed by atoms with Gasteiger partial charge in [0.15, 0.2) is 15.7 Å². The molecule has 1 aromatic heterocycles. The number of benzene rings is 1. The Labute approximate surface area is 248 Å². The highest BCUT2D eigenvalue weighted by Crippen LogP contribution is 2.34. The lowest BCUT2D eigenvalue weighted by Crippen LogP contribution is -2.39. The lowest BCUT2D eigenvalue weighted by molar-refractivity contribution is 0.0873. The maximum absolute atomic E-state index is 12.9. The smallest absolute Gasteiger partial charge is 0.179 e. The summed E-state index contributed by atoms with van der Waals surface area (Å²) in [5.41, 5.74) is 1.52. The van der Waals surface area contributed by atoms with E-state index < -0.39 is 22.0 Å². The third-order valence-corrected chi connectivity index (χ3v) is 7.74. The van der Waals surface area contributed by atoms with Gasteiger partial charge in [0.2, 0.25) is 0 Å². The van der Waals surface area contributed by atoms with E-state index in [2.05, 4.69) is 31.9 Å². The number of sulfone groups is 1. The van der Waals surface area contributed by atoms with E-state index in [1.165, 1.54) is 24.3 Å². The number of aliphatic hydroxyl groups is 3. The second-order valence-electron chi connectivity index (χ2n) is 9.13. The molecule has 2 unspecified atom stereocenters. The van der Waals surface area contributed by atoms with Crippen molar-refractivity contribution in [1.29, 1.82) is 5.26 Å². The zero-order chi connectivity index (χ0) is 29.7. The van der Waals surface area contributed by atoms with Crippen molar-refractivity contribution in [2.45, 2.75) is 37.9 Å². The molecule has 5 N–H and O–H groups in total. The van der Waals surface area contributed by atoms with E-state index in [1.54, 1.807) is 48.7 Å². The van der Waals surface area contributed by atoms with Gasteiger partial charge in [0.25, 0.3) is 0 Å². The van der Waals surface area contributed by atoms with Gasteiger partial charge >= 0.3 is 0 Å². The third-order valence-electron chi connectivity index (χ3n) is 5.59. The van der Waals surface area contributed by atoms with Crippen LogP contribution in [0.2, 0.25) is 0 Å². The van der Waals surface area contributed by atoms with E-state index in [-0.39, 0.29) is 43.4 Å². The average Bonchev–Trinajstić information content (AvgIpc) is 2.90. The fourth-order valence-corrected chi connectivity index (χ4v) is 5.29. The highest BCUT2D eigenvalue weighted by molar-refractivity contribution is 14.1. The van der Waals surface area contributed by atoms with Gasteiger partial charge in [-0.25, -0.2) is 13.4 Å². The van der Waals surface area contributed by atoms with Crippen molar-refractivity contribution < 1.29 is 26.8 Å². The minimum atomic E-state index is -3.63. The van der Waals surface area contributed by atoms with Gasteiger partial charge in [-0.2, -0.15) is 10.4 Å². The molecule has 2 rings (SSSR count). The van der Waals surface area contributed by atoms with Gasteiger partial charge in [-0.1, -0.05) is 0 Å². The van der Waals surface area contributed by atoms with Crippen molar-refractivity contribution in [3.05, 3.63) is 35.4 Å². The number of aromatic nitrogens is 1. The minimum Gasteiger partial charge on any atom is -0.395 e. The molecule has 0 aliphatic rings. The standard InChI is InChI=1S/C25H36IN7O6S/c1-17(35)15-33(16-18(2)36)10-13-40(37,38)21-6-4-20(5-7-21)31-32-23-19(3)22(14-27)24(29-9-12-39-26)30-25(23)28-8-11-34/h4-7,17-18,34-36H,8-13,15-16H2,1-3H3,(H2,28,29,30). The fraction of sp³-hybridized carbons (Fsp3) is 0.520. The summed E-state index contributed by atoms with van der Waals surface area (Å²) in [4.78, 5) is 6.28. The number of pyridine rings is 1. The van der Waals surface area contributed by atoms with Crippen LogP contribution in [0.5, 0.6) is 0 Å². The molecule has 1 aromatic carbocycles. The van der Waals surface area contributed by atoms with Crippen LogP contribution in [0.25, 0.3) is 0 Å². The van der Waals surface area contributed by atoms with Crippen molar-refractivity contribution in [1.82, 2.24) is 9.88 Å². The van der Waals surface area contributed by atoms with E-state index in [4.69, 9.17) is 3.07 Å². The number of nitrogens with one attached hydrogen (secondary N) is 2. The molecule has 0 saturated heterocycles. The highest BCUT2D eigenvalue weighted by Gasteiger charge is 2.20. The Hall–Kier alpha value is -2.46. The number of hydrogen-bond donors (Lipinski definition) is 5. The van der Waals surface area contributed by atoms with Crippen LogP contribution in [0, 0.1) is 18.3 Å². The normalized spacial score (nSPS) is 13.4. The summed E-state index contributed by atoms with van der Waals surface area (Å²) in [6.07, 6.45) is -1.31. The van der Waals surface area contributed by atoms with Crippen LogP contribution in [0.1, 0.15) is 25.0 Å². The second-order valence-corrected chi connectivity index (χ2v) is 11.9. The van der Waals surface area contributed by atoms with Crippen LogP contribution in [0.4, 0.5) is 23.0 Å². The molecule has 15 heteroatoms. The van der Waals surface area contributed by atoms with Crippen LogP contribution in [-0.4, -0.2) is 97.5 Å². The third kappa shape index (κ3) is 10.5. The van der Waals surface area contributed by atoms with Gasteiger partial charge < -0.3 is 29.0 Å². The lowest BCUT2D eigenvalue weighted by Gasteiger charge is -2.24. The highest BCUT2D eigenvalue weighted by atomic mass is 127. The number of nitriles is 1. The van der Waals surface area contributed by atoms with E-state index in [1.807, 2.05) is 0 Å². The number of halogens is 1. The first-order chi connectivity index (χ1) is 19.0. The molecule has 0 spiro atoms. The molecular formula is C25H36IN7O6S. The molecule has 0 bridgehead atoms. The molecule has 13 nitrogen and oxygen atoms in total. The monoisotopic (exact) mass is 689 g/mol. The van der Waals surface area contributed by atoms with Crippen molar-refractivity contribution in [3.8, 4) is 6.07 Å². The average molecular weight is 690 g/mol. The Balaban J connectivity index is 2.26. The molecule has 0 fully saturated rings. The van der Waals surface area contributed by atoms with Gasteiger partial charge in [0.1, 0.15) is 40.6 Å². The van der Waals surface area contributed by atoms with E-state index in [0.717, 1.165) is 0 Å². The quantitative estimate of drug-likeness (QED) is 0.0932. The largest absolute Gasteiger partial charge is 0.395 e. The van der Waals surface area contributed by atoms with E-state index in [0.29, 0.717) is 47.3 Å². The molecule has 40 heavy (non-hydrogen) atoms. The van der Waals surface area contributed by atoms with Crippen LogP contribution in [0.15, 0.2) is 39.4 Å². The molecule has 2 atom stereocenters. The number of rotatable bonds is 17. The summed E-state index contributed by atoms with van der Waals surface area (Å²) >= 11 is 1.78. The summed E-state index contributed by atoms with van der Waals surface area (Å²) < 4.78 is 30.8. The van der Waals surface area contributed by atoms with Crippen molar-refractivity contribution in [2.24, 2.45) is 10.2 Å². The van der Waals surface area contributed by atoms with Gasteiger partial charge in [-0.05, 0) is 45.0 Å². The number of azo groups is 1. The van der Waals surface area contributed by atoms with Crippen LogP contribution in [0.3, 0.4) is 0 Å².